The minimum absolute atomic E-state index is 0.577. The van der Waals surface area contributed by atoms with Crippen LogP contribution in [0.4, 0.5) is 0 Å². The van der Waals surface area contributed by atoms with Gasteiger partial charge >= 0.3 is 0 Å². The molecule has 0 aromatic heterocycles. The molecule has 0 radical (unpaired) electrons. The average Bonchev–Trinajstić information content (AvgIpc) is 2.65. The summed E-state index contributed by atoms with van der Waals surface area (Å²) < 4.78 is 0. The molecule has 0 amide bonds. The molecular formula is C11H21ClN2. The minimum Gasteiger partial charge on any atom is -0.310 e. The van der Waals surface area contributed by atoms with E-state index in [1.165, 1.54) is 32.5 Å². The van der Waals surface area contributed by atoms with Gasteiger partial charge in [0.2, 0.25) is 0 Å². The van der Waals surface area contributed by atoms with Gasteiger partial charge in [0.15, 0.2) is 0 Å². The molecule has 1 N–H and O–H groups in total. The third kappa shape index (κ3) is 4.99. The normalized spacial score (nSPS) is 20.7. The summed E-state index contributed by atoms with van der Waals surface area (Å²) >= 11 is 5.53. The van der Waals surface area contributed by atoms with Crippen LogP contribution in [-0.2, 0) is 0 Å². The molecular weight excluding hydrogens is 196 g/mol. The Morgan fingerprint density at radius 3 is 2.71 bits per heavy atom. The lowest BCUT2D eigenvalue weighted by atomic mass is 10.3. The lowest BCUT2D eigenvalue weighted by Crippen LogP contribution is -2.37. The first-order chi connectivity index (χ1) is 6.83. The highest BCUT2D eigenvalue weighted by atomic mass is 35.5. The quantitative estimate of drug-likeness (QED) is 0.539. The van der Waals surface area contributed by atoms with Crippen LogP contribution in [0.3, 0.4) is 0 Å². The fourth-order valence-electron chi connectivity index (χ4n) is 1.83. The number of alkyl halides is 1. The Labute approximate surface area is 92.3 Å². The molecule has 0 spiro atoms. The number of likely N-dealkylation sites (tertiary alicyclic amines) is 1. The summed E-state index contributed by atoms with van der Waals surface area (Å²) in [4.78, 5) is 2.53. The number of allylic oxidation sites excluding steroid dienone is 1. The number of nitrogens with one attached hydrogen (secondary N) is 1. The minimum atomic E-state index is 0.577. The van der Waals surface area contributed by atoms with Crippen molar-refractivity contribution in [1.29, 1.82) is 0 Å². The van der Waals surface area contributed by atoms with Crippen molar-refractivity contribution in [2.75, 3.05) is 32.1 Å². The molecule has 1 unspecified atom stereocenters. The molecule has 1 rings (SSSR count). The van der Waals surface area contributed by atoms with E-state index in [1.807, 2.05) is 6.08 Å². The van der Waals surface area contributed by atoms with Crippen molar-refractivity contribution >= 4 is 11.6 Å². The van der Waals surface area contributed by atoms with Crippen LogP contribution in [0.5, 0.6) is 0 Å². The summed E-state index contributed by atoms with van der Waals surface area (Å²) in [5, 5.41) is 3.46. The van der Waals surface area contributed by atoms with Crippen molar-refractivity contribution in [2.45, 2.75) is 25.8 Å². The van der Waals surface area contributed by atoms with Crippen LogP contribution < -0.4 is 5.32 Å². The standard InChI is InChI=1S/C11H21ClN2/c1-11(13-7-3-2-6-12)10-14-8-4-5-9-14/h2-3,11,13H,4-10H2,1H3/b3-2+. The van der Waals surface area contributed by atoms with Crippen molar-refractivity contribution < 1.29 is 0 Å². The average molecular weight is 217 g/mol. The molecule has 1 atom stereocenters. The molecule has 1 aliphatic rings. The van der Waals surface area contributed by atoms with Crippen molar-refractivity contribution in [3.63, 3.8) is 0 Å². The SMILES string of the molecule is CC(CN1CCCC1)NC/C=C/CCl. The van der Waals surface area contributed by atoms with Crippen LogP contribution in [0, 0.1) is 0 Å². The van der Waals surface area contributed by atoms with Crippen LogP contribution in [-0.4, -0.2) is 43.0 Å². The van der Waals surface area contributed by atoms with E-state index in [2.05, 4.69) is 23.2 Å². The maximum absolute atomic E-state index is 5.53. The zero-order chi connectivity index (χ0) is 10.2. The number of hydrogen-bond donors (Lipinski definition) is 1. The molecule has 14 heavy (non-hydrogen) atoms. The maximum atomic E-state index is 5.53. The van der Waals surface area contributed by atoms with Crippen molar-refractivity contribution in [2.24, 2.45) is 0 Å². The van der Waals surface area contributed by atoms with Crippen LogP contribution in [0.25, 0.3) is 0 Å². The van der Waals surface area contributed by atoms with Crippen LogP contribution in [0.2, 0.25) is 0 Å². The number of nitrogens with zero attached hydrogens (tertiary/aromatic N) is 1. The molecule has 1 aliphatic heterocycles. The van der Waals surface area contributed by atoms with E-state index < -0.39 is 0 Å². The second-order valence-corrected chi connectivity index (χ2v) is 4.25. The van der Waals surface area contributed by atoms with Gasteiger partial charge < -0.3 is 10.2 Å². The van der Waals surface area contributed by atoms with E-state index in [0.29, 0.717) is 11.9 Å². The van der Waals surface area contributed by atoms with Gasteiger partial charge in [0.05, 0.1) is 0 Å². The molecule has 3 heteroatoms. The molecule has 0 aliphatic carbocycles. The fraction of sp³-hybridized carbons (Fsp3) is 0.818. The first-order valence-corrected chi connectivity index (χ1v) is 6.03. The number of halogens is 1. The van der Waals surface area contributed by atoms with Gasteiger partial charge in [-0.1, -0.05) is 12.2 Å². The Kier molecular flexibility index (Phi) is 6.24. The molecule has 1 heterocycles. The Morgan fingerprint density at radius 1 is 1.36 bits per heavy atom. The van der Waals surface area contributed by atoms with Gasteiger partial charge in [0.25, 0.3) is 0 Å². The Balaban J connectivity index is 2.03. The van der Waals surface area contributed by atoms with Gasteiger partial charge in [-0.2, -0.15) is 0 Å². The van der Waals surface area contributed by atoms with E-state index in [0.717, 1.165) is 6.54 Å². The second-order valence-electron chi connectivity index (χ2n) is 3.94. The molecule has 0 aromatic rings. The summed E-state index contributed by atoms with van der Waals surface area (Å²) in [6.45, 7) is 6.91. The molecule has 82 valence electrons. The molecule has 1 fully saturated rings. The summed E-state index contributed by atoms with van der Waals surface area (Å²) in [5.41, 5.74) is 0. The van der Waals surface area contributed by atoms with Crippen LogP contribution >= 0.6 is 11.6 Å². The first-order valence-electron chi connectivity index (χ1n) is 5.49. The molecule has 1 saturated heterocycles. The smallest absolute Gasteiger partial charge is 0.0404 e. The molecule has 0 saturated carbocycles. The van der Waals surface area contributed by atoms with Gasteiger partial charge in [0, 0.05) is 25.0 Å². The predicted molar refractivity (Wildman–Crippen MR) is 63.0 cm³/mol. The summed E-state index contributed by atoms with van der Waals surface area (Å²) in [5.74, 6) is 0.613. The highest BCUT2D eigenvalue weighted by Gasteiger charge is 2.13. The zero-order valence-corrected chi connectivity index (χ0v) is 9.76. The largest absolute Gasteiger partial charge is 0.310 e. The summed E-state index contributed by atoms with van der Waals surface area (Å²) in [6, 6.07) is 0.577. The van der Waals surface area contributed by atoms with E-state index in [1.54, 1.807) is 0 Å². The topological polar surface area (TPSA) is 15.3 Å². The zero-order valence-electron chi connectivity index (χ0n) is 9.01. The van der Waals surface area contributed by atoms with Crippen LogP contribution in [0.15, 0.2) is 12.2 Å². The second kappa shape index (κ2) is 7.27. The van der Waals surface area contributed by atoms with Gasteiger partial charge in [-0.3, -0.25) is 0 Å². The number of rotatable bonds is 6. The Hall–Kier alpha value is -0.0500. The van der Waals surface area contributed by atoms with E-state index in [-0.39, 0.29) is 0 Å². The summed E-state index contributed by atoms with van der Waals surface area (Å²) in [6.07, 6.45) is 6.82. The Morgan fingerprint density at radius 2 is 2.07 bits per heavy atom. The highest BCUT2D eigenvalue weighted by molar-refractivity contribution is 6.18. The predicted octanol–water partition coefficient (Wildman–Crippen LogP) is 1.86. The Bertz CT molecular complexity index is 165. The van der Waals surface area contributed by atoms with Crippen molar-refractivity contribution in [3.05, 3.63) is 12.2 Å². The van der Waals surface area contributed by atoms with Gasteiger partial charge in [0.1, 0.15) is 0 Å². The van der Waals surface area contributed by atoms with Gasteiger partial charge in [-0.15, -0.1) is 11.6 Å². The summed E-state index contributed by atoms with van der Waals surface area (Å²) in [7, 11) is 0. The van der Waals surface area contributed by atoms with Crippen LogP contribution in [0.1, 0.15) is 19.8 Å². The lowest BCUT2D eigenvalue weighted by molar-refractivity contribution is 0.302. The molecule has 0 aromatic carbocycles. The molecule has 2 nitrogen and oxygen atoms in total. The van der Waals surface area contributed by atoms with Crippen molar-refractivity contribution in [3.8, 4) is 0 Å². The fourth-order valence-corrected chi connectivity index (χ4v) is 1.96. The maximum Gasteiger partial charge on any atom is 0.0404 e. The highest BCUT2D eigenvalue weighted by Crippen LogP contribution is 2.07. The monoisotopic (exact) mass is 216 g/mol. The first kappa shape index (κ1) is 12.0. The third-order valence-corrected chi connectivity index (χ3v) is 2.75. The lowest BCUT2D eigenvalue weighted by Gasteiger charge is -2.20. The van der Waals surface area contributed by atoms with Crippen molar-refractivity contribution in [1.82, 2.24) is 10.2 Å². The van der Waals surface area contributed by atoms with E-state index in [4.69, 9.17) is 11.6 Å². The van der Waals surface area contributed by atoms with Gasteiger partial charge in [-0.05, 0) is 32.9 Å². The van der Waals surface area contributed by atoms with E-state index >= 15 is 0 Å². The molecule has 0 bridgehead atoms. The van der Waals surface area contributed by atoms with E-state index in [9.17, 15) is 0 Å². The van der Waals surface area contributed by atoms with Gasteiger partial charge in [-0.25, -0.2) is 0 Å². The third-order valence-electron chi connectivity index (χ3n) is 2.57. The number of hydrogen-bond acceptors (Lipinski definition) is 2.